The van der Waals surface area contributed by atoms with Crippen LogP contribution in [0.3, 0.4) is 0 Å². The molecule has 162 valence electrons. The number of rotatable bonds is 5. The summed E-state index contributed by atoms with van der Waals surface area (Å²) < 4.78 is 36.0. The minimum absolute atomic E-state index is 0.0697. The maximum Gasteiger partial charge on any atom is 0.268 e. The number of hydrogen-bond acceptors (Lipinski definition) is 6. The smallest absolute Gasteiger partial charge is 0.268 e. The van der Waals surface area contributed by atoms with E-state index in [9.17, 15) is 8.42 Å². The maximum absolute atomic E-state index is 12.0. The van der Waals surface area contributed by atoms with E-state index in [-0.39, 0.29) is 4.90 Å². The van der Waals surface area contributed by atoms with Gasteiger partial charge in [-0.15, -0.1) is 0 Å². The quantitative estimate of drug-likeness (QED) is 0.654. The number of hydrogen-bond donors (Lipinski definition) is 1. The van der Waals surface area contributed by atoms with Gasteiger partial charge in [-0.3, -0.25) is 0 Å². The molecule has 3 aromatic carbocycles. The molecule has 0 saturated heterocycles. The fraction of sp³-hybridized carbons (Fsp3) is 0.217. The highest BCUT2D eigenvalue weighted by Gasteiger charge is 2.28. The Morgan fingerprint density at radius 1 is 0.806 bits per heavy atom. The van der Waals surface area contributed by atoms with Gasteiger partial charge in [0.05, 0.1) is 16.3 Å². The van der Waals surface area contributed by atoms with Crippen LogP contribution >= 0.6 is 0 Å². The van der Waals surface area contributed by atoms with E-state index in [4.69, 9.17) is 14.6 Å². The van der Waals surface area contributed by atoms with Crippen LogP contribution in [0.1, 0.15) is 11.9 Å². The van der Waals surface area contributed by atoms with E-state index < -0.39 is 16.3 Å². The van der Waals surface area contributed by atoms with Crippen molar-refractivity contribution in [3.05, 3.63) is 66.2 Å². The molecule has 0 amide bonds. The molecule has 1 unspecified atom stereocenters. The molecule has 0 fully saturated rings. The maximum atomic E-state index is 12.0. The van der Waals surface area contributed by atoms with Crippen LogP contribution in [0.2, 0.25) is 0 Å². The molecule has 0 aromatic heterocycles. The molecular weight excluding hydrogens is 414 g/mol. The van der Waals surface area contributed by atoms with E-state index >= 15 is 0 Å². The molecule has 2 N–H and O–H groups in total. The molecule has 0 radical (unpaired) electrons. The first-order valence-corrected chi connectivity index (χ1v) is 11.3. The summed E-state index contributed by atoms with van der Waals surface area (Å²) in [5.41, 5.74) is 4.23. The molecule has 8 heteroatoms. The van der Waals surface area contributed by atoms with Gasteiger partial charge in [0.2, 0.25) is 10.0 Å². The Morgan fingerprint density at radius 2 is 1.48 bits per heavy atom. The van der Waals surface area contributed by atoms with Crippen molar-refractivity contribution in [2.45, 2.75) is 11.2 Å². The van der Waals surface area contributed by atoms with Crippen molar-refractivity contribution >= 4 is 21.4 Å². The van der Waals surface area contributed by atoms with Crippen LogP contribution in [-0.4, -0.2) is 36.6 Å². The number of sulfonamides is 1. The fourth-order valence-electron chi connectivity index (χ4n) is 3.63. The number of ether oxygens (including phenoxy) is 2. The number of nitrogens with zero attached hydrogens (tertiary/aromatic N) is 2. The minimum atomic E-state index is -3.85. The molecular formula is C23H25N3O4S. The van der Waals surface area contributed by atoms with Gasteiger partial charge >= 0.3 is 0 Å². The van der Waals surface area contributed by atoms with Gasteiger partial charge in [-0.1, -0.05) is 24.3 Å². The van der Waals surface area contributed by atoms with Gasteiger partial charge in [-0.05, 0) is 42.0 Å². The van der Waals surface area contributed by atoms with Crippen LogP contribution < -0.4 is 24.4 Å². The summed E-state index contributed by atoms with van der Waals surface area (Å²) in [5, 5.41) is 5.39. The third kappa shape index (κ3) is 4.04. The molecule has 0 aliphatic carbocycles. The average molecular weight is 440 g/mol. The third-order valence-corrected chi connectivity index (χ3v) is 6.12. The predicted octanol–water partition coefficient (Wildman–Crippen LogP) is 3.60. The van der Waals surface area contributed by atoms with E-state index in [1.165, 1.54) is 6.07 Å². The van der Waals surface area contributed by atoms with Crippen LogP contribution in [0, 0.1) is 0 Å². The number of anilines is 2. The zero-order valence-electron chi connectivity index (χ0n) is 17.9. The Kier molecular flexibility index (Phi) is 5.28. The summed E-state index contributed by atoms with van der Waals surface area (Å²) in [5.74, 6) is 1.15. The summed E-state index contributed by atoms with van der Waals surface area (Å²) in [6, 6.07) is 18.1. The largest absolute Gasteiger partial charge is 0.447 e. The highest BCUT2D eigenvalue weighted by Crippen LogP contribution is 2.44. The zero-order valence-corrected chi connectivity index (χ0v) is 18.7. The number of fused-ring (bicyclic) bond motifs is 1. The fourth-order valence-corrected chi connectivity index (χ4v) is 4.39. The second-order valence-electron chi connectivity index (χ2n) is 7.81. The molecule has 0 bridgehead atoms. The van der Waals surface area contributed by atoms with Crippen molar-refractivity contribution in [3.8, 4) is 22.6 Å². The first kappa shape index (κ1) is 21.0. The van der Waals surface area contributed by atoms with Gasteiger partial charge in [0.15, 0.2) is 11.5 Å². The van der Waals surface area contributed by atoms with Crippen LogP contribution in [-0.2, 0) is 10.0 Å². The Morgan fingerprint density at radius 3 is 2.16 bits per heavy atom. The standard InChI is InChI=1S/C23H25N3O4S/c1-25(2)18-11-9-16(13-19(18)26(3)4)23-29-20-12-10-15(14-21(20)30-23)17-7-5-6-8-22(17)31(24,27)28/h5-14,23H,1-4H3,(H2,24,27,28). The van der Waals surface area contributed by atoms with E-state index in [1.807, 2.05) is 51.3 Å². The average Bonchev–Trinajstić information content (AvgIpc) is 3.16. The second-order valence-corrected chi connectivity index (χ2v) is 9.34. The van der Waals surface area contributed by atoms with Crippen molar-refractivity contribution in [2.75, 3.05) is 38.0 Å². The van der Waals surface area contributed by atoms with Crippen molar-refractivity contribution in [1.29, 1.82) is 0 Å². The van der Waals surface area contributed by atoms with Gasteiger partial charge in [0.25, 0.3) is 6.29 Å². The van der Waals surface area contributed by atoms with Gasteiger partial charge in [0, 0.05) is 39.3 Å². The molecule has 31 heavy (non-hydrogen) atoms. The lowest BCUT2D eigenvalue weighted by Gasteiger charge is -2.24. The molecule has 1 atom stereocenters. The van der Waals surface area contributed by atoms with Crippen molar-refractivity contribution in [3.63, 3.8) is 0 Å². The summed E-state index contributed by atoms with van der Waals surface area (Å²) in [4.78, 5) is 4.17. The monoisotopic (exact) mass is 439 g/mol. The number of benzene rings is 3. The van der Waals surface area contributed by atoms with Crippen molar-refractivity contribution < 1.29 is 17.9 Å². The second kappa shape index (κ2) is 7.79. The van der Waals surface area contributed by atoms with Gasteiger partial charge < -0.3 is 19.3 Å². The van der Waals surface area contributed by atoms with E-state index in [0.29, 0.717) is 22.6 Å². The summed E-state index contributed by atoms with van der Waals surface area (Å²) in [6.45, 7) is 0. The third-order valence-electron chi connectivity index (χ3n) is 5.15. The van der Waals surface area contributed by atoms with E-state index in [0.717, 1.165) is 16.9 Å². The number of primary sulfonamides is 1. The normalized spacial score (nSPS) is 15.1. The summed E-state index contributed by atoms with van der Waals surface area (Å²) in [7, 11) is 4.13. The van der Waals surface area contributed by atoms with Gasteiger partial charge in [0.1, 0.15) is 0 Å². The first-order valence-electron chi connectivity index (χ1n) is 9.73. The number of nitrogens with two attached hydrogens (primary N) is 1. The lowest BCUT2D eigenvalue weighted by Crippen LogP contribution is -2.18. The van der Waals surface area contributed by atoms with Crippen LogP contribution in [0.5, 0.6) is 11.5 Å². The lowest BCUT2D eigenvalue weighted by molar-refractivity contribution is 0.0488. The Hall–Kier alpha value is -3.23. The van der Waals surface area contributed by atoms with Crippen molar-refractivity contribution in [1.82, 2.24) is 0 Å². The van der Waals surface area contributed by atoms with Gasteiger partial charge in [-0.2, -0.15) is 0 Å². The highest BCUT2D eigenvalue weighted by molar-refractivity contribution is 7.89. The molecule has 1 heterocycles. The molecule has 1 aliphatic heterocycles. The highest BCUT2D eigenvalue weighted by atomic mass is 32.2. The Bertz CT molecular complexity index is 1240. The SMILES string of the molecule is CN(C)c1ccc(C2Oc3ccc(-c4ccccc4S(N)(=O)=O)cc3O2)cc1N(C)C. The summed E-state index contributed by atoms with van der Waals surface area (Å²) in [6.07, 6.45) is -0.589. The molecule has 0 spiro atoms. The molecule has 1 aliphatic rings. The predicted molar refractivity (Wildman–Crippen MR) is 122 cm³/mol. The molecule has 3 aromatic rings. The van der Waals surface area contributed by atoms with Crippen LogP contribution in [0.25, 0.3) is 11.1 Å². The van der Waals surface area contributed by atoms with Gasteiger partial charge in [-0.25, -0.2) is 13.6 Å². The van der Waals surface area contributed by atoms with Crippen molar-refractivity contribution in [2.24, 2.45) is 5.14 Å². The molecule has 7 nitrogen and oxygen atoms in total. The van der Waals surface area contributed by atoms with Crippen LogP contribution in [0.15, 0.2) is 65.6 Å². The molecule has 0 saturated carbocycles. The van der Waals surface area contributed by atoms with Crippen LogP contribution in [0.4, 0.5) is 11.4 Å². The minimum Gasteiger partial charge on any atom is -0.447 e. The zero-order chi connectivity index (χ0) is 22.3. The van der Waals surface area contributed by atoms with E-state index in [2.05, 4.69) is 4.90 Å². The summed E-state index contributed by atoms with van der Waals surface area (Å²) >= 11 is 0. The Balaban J connectivity index is 1.67. The molecule has 4 rings (SSSR count). The Labute approximate surface area is 182 Å². The topological polar surface area (TPSA) is 85.1 Å². The van der Waals surface area contributed by atoms with E-state index in [1.54, 1.807) is 36.4 Å². The lowest BCUT2D eigenvalue weighted by atomic mass is 10.1. The first-order chi connectivity index (χ1) is 14.6.